The van der Waals surface area contributed by atoms with Crippen molar-refractivity contribution in [3.63, 3.8) is 0 Å². The van der Waals surface area contributed by atoms with E-state index in [1.54, 1.807) is 47.3 Å². The van der Waals surface area contributed by atoms with Crippen molar-refractivity contribution in [2.24, 2.45) is 0 Å². The van der Waals surface area contributed by atoms with Gasteiger partial charge in [0.1, 0.15) is 16.3 Å². The molecule has 0 atom stereocenters. The zero-order valence-corrected chi connectivity index (χ0v) is 20.4. The first-order valence-corrected chi connectivity index (χ1v) is 12.7. The Hall–Kier alpha value is -2.78. The molecule has 0 saturated heterocycles. The van der Waals surface area contributed by atoms with E-state index in [0.717, 1.165) is 35.9 Å². The van der Waals surface area contributed by atoms with Gasteiger partial charge in [-0.3, -0.25) is 14.2 Å². The van der Waals surface area contributed by atoms with Crippen LogP contribution in [0.25, 0.3) is 10.2 Å². The number of hydrogen-bond donors (Lipinski definition) is 1. The summed E-state index contributed by atoms with van der Waals surface area (Å²) in [7, 11) is 3.11. The number of ether oxygens (including phenoxy) is 2. The topological polar surface area (TPSA) is 82.5 Å². The lowest BCUT2D eigenvalue weighted by Gasteiger charge is -2.13. The normalized spacial score (nSPS) is 13.3. The molecular weight excluding hydrogens is 458 g/mol. The predicted molar refractivity (Wildman–Crippen MR) is 134 cm³/mol. The molecule has 0 bridgehead atoms. The standard InChI is InChI=1S/C24H27N3O4S2/c1-4-12-27-23(29)21-16-8-6-5-7-9-19(16)33-22(21)26-24(27)32-14-20(28)25-17-11-10-15(30-2)13-18(17)31-3/h4,10-11,13H,1,5-9,12,14H2,2-3H3,(H,25,28). The average Bonchev–Trinajstić information content (AvgIpc) is 3.01. The number of aryl methyl sites for hydroxylation is 2. The number of fused-ring (bicyclic) bond motifs is 3. The SMILES string of the molecule is C=CCn1c(SCC(=O)Nc2ccc(OC)cc2OC)nc2sc3c(c2c1=O)CCCCC3. The van der Waals surface area contributed by atoms with Gasteiger partial charge in [-0.25, -0.2) is 4.98 Å². The van der Waals surface area contributed by atoms with E-state index in [0.29, 0.717) is 28.9 Å². The zero-order chi connectivity index (χ0) is 23.4. The van der Waals surface area contributed by atoms with Crippen LogP contribution in [0.2, 0.25) is 0 Å². The van der Waals surface area contributed by atoms with Crippen LogP contribution in [-0.2, 0) is 24.2 Å². The number of anilines is 1. The summed E-state index contributed by atoms with van der Waals surface area (Å²) in [6.07, 6.45) is 7.07. The number of thiophene rings is 1. The molecule has 1 aliphatic rings. The first-order chi connectivity index (χ1) is 16.0. The van der Waals surface area contributed by atoms with Crippen LogP contribution in [0.4, 0.5) is 5.69 Å². The van der Waals surface area contributed by atoms with E-state index in [1.165, 1.54) is 35.7 Å². The fourth-order valence-electron chi connectivity index (χ4n) is 4.02. The Balaban J connectivity index is 1.58. The molecule has 0 fully saturated rings. The molecule has 0 aliphatic heterocycles. The molecule has 0 radical (unpaired) electrons. The Labute approximate surface area is 200 Å². The number of benzene rings is 1. The number of amides is 1. The van der Waals surface area contributed by atoms with Crippen molar-refractivity contribution >= 4 is 44.9 Å². The van der Waals surface area contributed by atoms with E-state index in [4.69, 9.17) is 14.5 Å². The van der Waals surface area contributed by atoms with Gasteiger partial charge in [-0.15, -0.1) is 17.9 Å². The van der Waals surface area contributed by atoms with Crippen molar-refractivity contribution in [3.8, 4) is 11.5 Å². The Bertz CT molecular complexity index is 1250. The number of hydrogen-bond acceptors (Lipinski definition) is 7. The second-order valence-corrected chi connectivity index (χ2v) is 9.77. The summed E-state index contributed by atoms with van der Waals surface area (Å²) in [4.78, 5) is 32.9. The highest BCUT2D eigenvalue weighted by Gasteiger charge is 2.22. The number of allylic oxidation sites excluding steroid dienone is 1. The third-order valence-electron chi connectivity index (χ3n) is 5.62. The van der Waals surface area contributed by atoms with E-state index < -0.39 is 0 Å². The second kappa shape index (κ2) is 10.4. The van der Waals surface area contributed by atoms with Gasteiger partial charge in [-0.05, 0) is 43.4 Å². The van der Waals surface area contributed by atoms with Crippen molar-refractivity contribution < 1.29 is 14.3 Å². The van der Waals surface area contributed by atoms with E-state index in [1.807, 2.05) is 0 Å². The van der Waals surface area contributed by atoms with E-state index in [-0.39, 0.29) is 17.2 Å². The third kappa shape index (κ3) is 4.94. The van der Waals surface area contributed by atoms with Crippen LogP contribution < -0.4 is 20.3 Å². The van der Waals surface area contributed by atoms with Crippen molar-refractivity contribution in [1.82, 2.24) is 9.55 Å². The molecule has 0 unspecified atom stereocenters. The Morgan fingerprint density at radius 2 is 2.09 bits per heavy atom. The molecule has 1 amide bonds. The minimum atomic E-state index is -0.218. The quantitative estimate of drug-likeness (QED) is 0.216. The first-order valence-electron chi connectivity index (χ1n) is 10.9. The van der Waals surface area contributed by atoms with Crippen LogP contribution in [-0.4, -0.2) is 35.4 Å². The van der Waals surface area contributed by atoms with E-state index >= 15 is 0 Å². The highest BCUT2D eigenvalue weighted by atomic mass is 32.2. The summed E-state index contributed by atoms with van der Waals surface area (Å²) in [5.74, 6) is 1.04. The van der Waals surface area contributed by atoms with Crippen LogP contribution >= 0.6 is 23.1 Å². The molecule has 174 valence electrons. The van der Waals surface area contributed by atoms with Gasteiger partial charge in [0.2, 0.25) is 5.91 Å². The Morgan fingerprint density at radius 3 is 2.85 bits per heavy atom. The summed E-state index contributed by atoms with van der Waals surface area (Å²) < 4.78 is 12.2. The monoisotopic (exact) mass is 485 g/mol. The molecule has 33 heavy (non-hydrogen) atoms. The lowest BCUT2D eigenvalue weighted by atomic mass is 10.1. The van der Waals surface area contributed by atoms with Crippen LogP contribution in [0, 0.1) is 0 Å². The molecule has 9 heteroatoms. The van der Waals surface area contributed by atoms with Crippen LogP contribution in [0.5, 0.6) is 11.5 Å². The van der Waals surface area contributed by atoms with Gasteiger partial charge < -0.3 is 14.8 Å². The Kier molecular flexibility index (Phi) is 7.39. The highest BCUT2D eigenvalue weighted by Crippen LogP contribution is 2.34. The largest absolute Gasteiger partial charge is 0.497 e. The molecule has 2 heterocycles. The van der Waals surface area contributed by atoms with Crippen molar-refractivity contribution in [2.45, 2.75) is 43.8 Å². The van der Waals surface area contributed by atoms with Gasteiger partial charge in [-0.1, -0.05) is 24.3 Å². The summed E-state index contributed by atoms with van der Waals surface area (Å²) in [5, 5.41) is 4.13. The Morgan fingerprint density at radius 1 is 1.27 bits per heavy atom. The highest BCUT2D eigenvalue weighted by molar-refractivity contribution is 7.99. The number of thioether (sulfide) groups is 1. The van der Waals surface area contributed by atoms with Gasteiger partial charge in [0, 0.05) is 17.5 Å². The van der Waals surface area contributed by atoms with Crippen LogP contribution in [0.15, 0.2) is 40.8 Å². The van der Waals surface area contributed by atoms with Crippen LogP contribution in [0.1, 0.15) is 29.7 Å². The summed E-state index contributed by atoms with van der Waals surface area (Å²) in [6.45, 7) is 4.14. The maximum absolute atomic E-state index is 13.4. The smallest absolute Gasteiger partial charge is 0.263 e. The number of carbonyl (C=O) groups excluding carboxylic acids is 1. The van der Waals surface area contributed by atoms with Crippen LogP contribution in [0.3, 0.4) is 0 Å². The maximum Gasteiger partial charge on any atom is 0.263 e. The minimum Gasteiger partial charge on any atom is -0.497 e. The van der Waals surface area contributed by atoms with Gasteiger partial charge in [-0.2, -0.15) is 0 Å². The molecule has 0 spiro atoms. The van der Waals surface area contributed by atoms with Gasteiger partial charge >= 0.3 is 0 Å². The van der Waals surface area contributed by atoms with E-state index in [9.17, 15) is 9.59 Å². The fraction of sp³-hybridized carbons (Fsp3) is 0.375. The second-order valence-electron chi connectivity index (χ2n) is 7.75. The molecule has 3 aromatic rings. The summed E-state index contributed by atoms with van der Waals surface area (Å²) in [6, 6.07) is 5.20. The van der Waals surface area contributed by atoms with Gasteiger partial charge in [0.25, 0.3) is 5.56 Å². The van der Waals surface area contributed by atoms with E-state index in [2.05, 4.69) is 11.9 Å². The molecule has 4 rings (SSSR count). The van der Waals surface area contributed by atoms with Crippen molar-refractivity contribution in [1.29, 1.82) is 0 Å². The van der Waals surface area contributed by atoms with Crippen molar-refractivity contribution in [3.05, 3.63) is 51.6 Å². The number of rotatable bonds is 8. The number of aromatic nitrogens is 2. The lowest BCUT2D eigenvalue weighted by Crippen LogP contribution is -2.24. The fourth-order valence-corrected chi connectivity index (χ4v) is 6.13. The van der Waals surface area contributed by atoms with Gasteiger partial charge in [0.05, 0.1) is 31.0 Å². The first kappa shape index (κ1) is 23.4. The molecule has 7 nitrogen and oxygen atoms in total. The molecule has 2 aromatic heterocycles. The molecule has 1 aromatic carbocycles. The molecule has 1 aliphatic carbocycles. The minimum absolute atomic E-state index is 0.0426. The maximum atomic E-state index is 13.4. The lowest BCUT2D eigenvalue weighted by molar-refractivity contribution is -0.113. The summed E-state index contributed by atoms with van der Waals surface area (Å²) >= 11 is 2.87. The average molecular weight is 486 g/mol. The molecule has 1 N–H and O–H groups in total. The van der Waals surface area contributed by atoms with Crippen molar-refractivity contribution in [2.75, 3.05) is 25.3 Å². The number of methoxy groups -OCH3 is 2. The predicted octanol–water partition coefficient (Wildman–Crippen LogP) is 4.66. The molecular formula is C24H27N3O4S2. The number of carbonyl (C=O) groups is 1. The third-order valence-corrected chi connectivity index (χ3v) is 7.78. The summed E-state index contributed by atoms with van der Waals surface area (Å²) in [5.41, 5.74) is 1.68. The number of nitrogens with zero attached hydrogens (tertiary/aromatic N) is 2. The van der Waals surface area contributed by atoms with Gasteiger partial charge in [0.15, 0.2) is 5.16 Å². The zero-order valence-electron chi connectivity index (χ0n) is 18.8. The number of nitrogens with one attached hydrogen (secondary N) is 1. The molecule has 0 saturated carbocycles.